The molecule has 5 heteroatoms. The summed E-state index contributed by atoms with van der Waals surface area (Å²) in [4.78, 5) is 28.2. The molecular formula is C24H35NO3S. The first-order chi connectivity index (χ1) is 14.0. The molecular weight excluding hydrogens is 382 g/mol. The largest absolute Gasteiger partial charge is 0.496 e. The first-order valence-electron chi connectivity index (χ1n) is 10.9. The summed E-state index contributed by atoms with van der Waals surface area (Å²) in [7, 11) is 1.59. The number of thioether (sulfide) groups is 1. The summed E-state index contributed by atoms with van der Waals surface area (Å²) in [5, 5.41) is 0.217. The van der Waals surface area contributed by atoms with Gasteiger partial charge < -0.3 is 4.74 Å². The average Bonchev–Trinajstić information content (AvgIpc) is 2.93. The van der Waals surface area contributed by atoms with Crippen LogP contribution in [0.25, 0.3) is 5.57 Å². The second kappa shape index (κ2) is 12.1. The number of ether oxygens (including phenoxy) is 1. The summed E-state index contributed by atoms with van der Waals surface area (Å²) < 4.78 is 5.46. The van der Waals surface area contributed by atoms with Gasteiger partial charge in [-0.3, -0.25) is 14.5 Å². The van der Waals surface area contributed by atoms with Gasteiger partial charge in [0.15, 0.2) is 0 Å². The fraction of sp³-hybridized carbons (Fsp3) is 0.583. The zero-order valence-corrected chi connectivity index (χ0v) is 19.1. The molecule has 0 atom stereocenters. The molecule has 2 amide bonds. The van der Waals surface area contributed by atoms with E-state index in [2.05, 4.69) is 6.92 Å². The number of nitrogens with zero attached hydrogens (tertiary/aromatic N) is 1. The van der Waals surface area contributed by atoms with Crippen LogP contribution in [-0.2, 0) is 9.59 Å². The summed E-state index contributed by atoms with van der Waals surface area (Å²) in [6.45, 7) is 6.80. The lowest BCUT2D eigenvalue weighted by Crippen LogP contribution is -2.32. The van der Waals surface area contributed by atoms with E-state index in [1.807, 2.05) is 38.1 Å². The first kappa shape index (κ1) is 23.5. The maximum absolute atomic E-state index is 13.2. The van der Waals surface area contributed by atoms with Crippen molar-refractivity contribution in [2.24, 2.45) is 0 Å². The van der Waals surface area contributed by atoms with Gasteiger partial charge in [0, 0.05) is 17.4 Å². The molecule has 1 aliphatic rings. The minimum absolute atomic E-state index is 0.155. The van der Waals surface area contributed by atoms with Crippen LogP contribution in [0.2, 0.25) is 0 Å². The van der Waals surface area contributed by atoms with Crippen molar-refractivity contribution in [2.45, 2.75) is 77.4 Å². The van der Waals surface area contributed by atoms with Gasteiger partial charge in [-0.2, -0.15) is 0 Å². The fourth-order valence-corrected chi connectivity index (χ4v) is 4.59. The van der Waals surface area contributed by atoms with Gasteiger partial charge in [-0.25, -0.2) is 0 Å². The van der Waals surface area contributed by atoms with Gasteiger partial charge in [0.2, 0.25) is 0 Å². The van der Waals surface area contributed by atoms with Crippen molar-refractivity contribution in [3.05, 3.63) is 34.7 Å². The maximum Gasteiger partial charge on any atom is 0.267 e. The van der Waals surface area contributed by atoms with Crippen LogP contribution < -0.4 is 4.74 Å². The number of imide groups is 1. The highest BCUT2D eigenvalue weighted by molar-refractivity contribution is 8.04. The third kappa shape index (κ3) is 6.36. The Hall–Kier alpha value is -1.75. The van der Waals surface area contributed by atoms with E-state index in [1.54, 1.807) is 7.11 Å². The van der Waals surface area contributed by atoms with Crippen LogP contribution >= 0.6 is 11.8 Å². The van der Waals surface area contributed by atoms with Crippen LogP contribution in [-0.4, -0.2) is 35.6 Å². The standard InChI is InChI=1S/C24H35NO3S/c1-5-6-7-8-9-10-11-14-17-25-23(26)21(22(24(25)27)29-18(2)3)19-15-12-13-16-20(19)28-4/h12-13,15-16,18H,5-11,14,17H2,1-4H3. The number of benzene rings is 1. The number of rotatable bonds is 13. The van der Waals surface area contributed by atoms with Crippen LogP contribution in [0.1, 0.15) is 77.7 Å². The van der Waals surface area contributed by atoms with Gasteiger partial charge in [0.05, 0.1) is 17.6 Å². The molecule has 0 aromatic heterocycles. The Bertz CT molecular complexity index is 727. The fourth-order valence-electron chi connectivity index (χ4n) is 3.59. The number of hydrogen-bond acceptors (Lipinski definition) is 4. The van der Waals surface area contributed by atoms with Gasteiger partial charge in [0.25, 0.3) is 11.8 Å². The Morgan fingerprint density at radius 1 is 0.931 bits per heavy atom. The smallest absolute Gasteiger partial charge is 0.267 e. The summed E-state index contributed by atoms with van der Waals surface area (Å²) >= 11 is 1.47. The summed E-state index contributed by atoms with van der Waals surface area (Å²) in [5.74, 6) is 0.280. The minimum atomic E-state index is -0.189. The maximum atomic E-state index is 13.2. The number of amides is 2. The van der Waals surface area contributed by atoms with E-state index in [1.165, 1.54) is 55.2 Å². The molecule has 0 saturated heterocycles. The SMILES string of the molecule is CCCCCCCCCCN1C(=O)C(SC(C)C)=C(c2ccccc2OC)C1=O. The predicted molar refractivity (Wildman–Crippen MR) is 122 cm³/mol. The molecule has 0 bridgehead atoms. The number of carbonyl (C=O) groups excluding carboxylic acids is 2. The van der Waals surface area contributed by atoms with Crippen molar-refractivity contribution in [1.29, 1.82) is 0 Å². The number of carbonyl (C=O) groups is 2. The Morgan fingerprint density at radius 3 is 2.17 bits per heavy atom. The van der Waals surface area contributed by atoms with Gasteiger partial charge in [-0.05, 0) is 12.5 Å². The van der Waals surface area contributed by atoms with E-state index in [0.717, 1.165) is 12.8 Å². The van der Waals surface area contributed by atoms with E-state index in [4.69, 9.17) is 4.74 Å². The van der Waals surface area contributed by atoms with E-state index in [-0.39, 0.29) is 17.1 Å². The Labute approximate surface area is 180 Å². The third-order valence-corrected chi connectivity index (χ3v) is 6.18. The van der Waals surface area contributed by atoms with Gasteiger partial charge in [-0.1, -0.05) is 83.9 Å². The molecule has 160 valence electrons. The minimum Gasteiger partial charge on any atom is -0.496 e. The molecule has 0 spiro atoms. The van der Waals surface area contributed by atoms with Crippen LogP contribution in [0.5, 0.6) is 5.75 Å². The molecule has 4 nitrogen and oxygen atoms in total. The highest BCUT2D eigenvalue weighted by Gasteiger charge is 2.40. The van der Waals surface area contributed by atoms with Crippen LogP contribution in [0.4, 0.5) is 0 Å². The molecule has 2 rings (SSSR count). The zero-order chi connectivity index (χ0) is 21.2. The lowest BCUT2D eigenvalue weighted by Gasteiger charge is -2.15. The van der Waals surface area contributed by atoms with E-state index >= 15 is 0 Å². The van der Waals surface area contributed by atoms with Gasteiger partial charge in [0.1, 0.15) is 5.75 Å². The van der Waals surface area contributed by atoms with E-state index in [0.29, 0.717) is 28.3 Å². The number of unbranched alkanes of at least 4 members (excludes halogenated alkanes) is 7. The molecule has 0 unspecified atom stereocenters. The molecule has 0 fully saturated rings. The van der Waals surface area contributed by atoms with Crippen molar-refractivity contribution in [2.75, 3.05) is 13.7 Å². The number of methoxy groups -OCH3 is 1. The van der Waals surface area contributed by atoms with E-state index < -0.39 is 0 Å². The highest BCUT2D eigenvalue weighted by atomic mass is 32.2. The molecule has 0 radical (unpaired) electrons. The van der Waals surface area contributed by atoms with E-state index in [9.17, 15) is 9.59 Å². The highest BCUT2D eigenvalue weighted by Crippen LogP contribution is 2.40. The molecule has 1 aromatic rings. The molecule has 1 heterocycles. The van der Waals surface area contributed by atoms with Crippen molar-refractivity contribution in [3.63, 3.8) is 0 Å². The Morgan fingerprint density at radius 2 is 1.55 bits per heavy atom. The lowest BCUT2D eigenvalue weighted by molar-refractivity contribution is -0.136. The Kier molecular flexibility index (Phi) is 9.79. The third-order valence-electron chi connectivity index (χ3n) is 5.09. The molecule has 0 N–H and O–H groups in total. The summed E-state index contributed by atoms with van der Waals surface area (Å²) in [6, 6.07) is 7.44. The van der Waals surface area contributed by atoms with Crippen molar-refractivity contribution >= 4 is 29.1 Å². The molecule has 0 aliphatic carbocycles. The summed E-state index contributed by atoms with van der Waals surface area (Å²) in [6.07, 6.45) is 9.49. The van der Waals surface area contributed by atoms with Crippen LogP contribution in [0, 0.1) is 0 Å². The van der Waals surface area contributed by atoms with Crippen molar-refractivity contribution < 1.29 is 14.3 Å². The average molecular weight is 418 g/mol. The number of hydrogen-bond donors (Lipinski definition) is 0. The quantitative estimate of drug-likeness (QED) is 0.289. The zero-order valence-electron chi connectivity index (χ0n) is 18.3. The lowest BCUT2D eigenvalue weighted by atomic mass is 10.0. The topological polar surface area (TPSA) is 46.6 Å². The molecule has 1 aliphatic heterocycles. The molecule has 1 aromatic carbocycles. The van der Waals surface area contributed by atoms with Gasteiger partial charge >= 0.3 is 0 Å². The van der Waals surface area contributed by atoms with Crippen molar-refractivity contribution in [1.82, 2.24) is 4.90 Å². The molecule has 29 heavy (non-hydrogen) atoms. The normalized spacial score (nSPS) is 14.4. The predicted octanol–water partition coefficient (Wildman–Crippen LogP) is 6.06. The van der Waals surface area contributed by atoms with Crippen LogP contribution in [0.15, 0.2) is 29.2 Å². The summed E-state index contributed by atoms with van der Waals surface area (Å²) in [5.41, 5.74) is 1.20. The second-order valence-corrected chi connectivity index (χ2v) is 9.39. The monoisotopic (exact) mass is 417 g/mol. The van der Waals surface area contributed by atoms with Crippen molar-refractivity contribution in [3.8, 4) is 5.75 Å². The molecule has 0 saturated carbocycles. The Balaban J connectivity index is 2.05. The second-order valence-electron chi connectivity index (χ2n) is 7.81. The number of para-hydroxylation sites is 1. The van der Waals surface area contributed by atoms with Crippen LogP contribution in [0.3, 0.4) is 0 Å². The van der Waals surface area contributed by atoms with Gasteiger partial charge in [-0.15, -0.1) is 11.8 Å². The first-order valence-corrected chi connectivity index (χ1v) is 11.8.